The van der Waals surface area contributed by atoms with Crippen LogP contribution < -0.4 is 15.0 Å². The number of pyridine rings is 1. The van der Waals surface area contributed by atoms with Gasteiger partial charge in [-0.15, -0.1) is 0 Å². The van der Waals surface area contributed by atoms with Crippen LogP contribution in [0.3, 0.4) is 0 Å². The van der Waals surface area contributed by atoms with Crippen LogP contribution in [0.1, 0.15) is 17.7 Å². The zero-order valence-electron chi connectivity index (χ0n) is 15.0. The Hall–Kier alpha value is -2.74. The van der Waals surface area contributed by atoms with Crippen LogP contribution in [0.2, 0.25) is 0 Å². The second-order valence-electron chi connectivity index (χ2n) is 6.16. The summed E-state index contributed by atoms with van der Waals surface area (Å²) in [4.78, 5) is 27.5. The van der Waals surface area contributed by atoms with Crippen molar-refractivity contribution in [2.45, 2.75) is 19.3 Å². The summed E-state index contributed by atoms with van der Waals surface area (Å²) in [6, 6.07) is 3.57. The number of methoxy groups -OCH3 is 1. The third kappa shape index (κ3) is 3.91. The summed E-state index contributed by atoms with van der Waals surface area (Å²) >= 11 is 0. The molecule has 0 radical (unpaired) electrons. The summed E-state index contributed by atoms with van der Waals surface area (Å²) in [5.74, 6) is 1.82. The zero-order chi connectivity index (χ0) is 18.5. The van der Waals surface area contributed by atoms with Gasteiger partial charge in [0, 0.05) is 37.1 Å². The lowest BCUT2D eigenvalue weighted by atomic mass is 10.2. The van der Waals surface area contributed by atoms with Crippen LogP contribution in [0.5, 0.6) is 5.75 Å². The van der Waals surface area contributed by atoms with Crippen LogP contribution in [0.25, 0.3) is 11.5 Å². The Balaban J connectivity index is 1.92. The minimum absolute atomic E-state index is 0.0793. The van der Waals surface area contributed by atoms with Gasteiger partial charge in [0.15, 0.2) is 5.82 Å². The van der Waals surface area contributed by atoms with Gasteiger partial charge in [-0.1, -0.05) is 0 Å². The summed E-state index contributed by atoms with van der Waals surface area (Å²) in [6.45, 7) is 0.325. The van der Waals surface area contributed by atoms with Crippen molar-refractivity contribution in [1.82, 2.24) is 20.3 Å². The Bertz CT molecular complexity index is 796. The van der Waals surface area contributed by atoms with Gasteiger partial charge in [0.05, 0.1) is 20.3 Å². The van der Waals surface area contributed by atoms with Crippen LogP contribution in [0.15, 0.2) is 18.3 Å². The van der Waals surface area contributed by atoms with Crippen molar-refractivity contribution >= 4 is 11.7 Å². The third-order valence-corrected chi connectivity index (χ3v) is 4.28. The number of aliphatic hydroxyl groups excluding tert-OH is 1. The molecule has 1 aliphatic rings. The highest BCUT2D eigenvalue weighted by molar-refractivity contribution is 5.81. The lowest BCUT2D eigenvalue weighted by molar-refractivity contribution is -0.119. The lowest BCUT2D eigenvalue weighted by Crippen LogP contribution is -2.37. The van der Waals surface area contributed by atoms with Crippen molar-refractivity contribution < 1.29 is 14.6 Å². The van der Waals surface area contributed by atoms with E-state index in [2.05, 4.69) is 15.3 Å². The molecule has 8 nitrogen and oxygen atoms in total. The van der Waals surface area contributed by atoms with E-state index in [0.29, 0.717) is 17.3 Å². The molecular formula is C18H23N5O3. The van der Waals surface area contributed by atoms with Crippen LogP contribution in [-0.4, -0.2) is 59.8 Å². The number of hydrogen-bond donors (Lipinski definition) is 2. The molecule has 2 N–H and O–H groups in total. The number of rotatable bonds is 7. The first-order valence-corrected chi connectivity index (χ1v) is 8.61. The topological polar surface area (TPSA) is 100 Å². The number of likely N-dealkylation sites (N-methyl/N-ethyl adjacent to an activating group) is 1. The number of amides is 1. The molecule has 8 heteroatoms. The minimum atomic E-state index is -0.159. The molecule has 0 saturated carbocycles. The maximum atomic E-state index is 12.0. The van der Waals surface area contributed by atoms with E-state index in [1.165, 1.54) is 0 Å². The highest BCUT2D eigenvalue weighted by Crippen LogP contribution is 2.31. The first kappa shape index (κ1) is 18.1. The Morgan fingerprint density at radius 3 is 3.00 bits per heavy atom. The molecule has 3 rings (SSSR count). The maximum absolute atomic E-state index is 12.0. The number of hydrogen-bond acceptors (Lipinski definition) is 7. The summed E-state index contributed by atoms with van der Waals surface area (Å²) < 4.78 is 5.26. The van der Waals surface area contributed by atoms with Crippen LogP contribution >= 0.6 is 0 Å². The number of anilines is 1. The number of carbonyl (C=O) groups is 1. The standard InChI is InChI=1S/C18H23N5O3/c1-23(11-16(25)20-8-9-24)18-13-4-3-5-14(13)21-17(22-18)15-10-12(26-2)6-7-19-15/h6-7,10,24H,3-5,8-9,11H2,1-2H3,(H,20,25). The second kappa shape index (κ2) is 8.09. The van der Waals surface area contributed by atoms with Gasteiger partial charge in [-0.25, -0.2) is 9.97 Å². The van der Waals surface area contributed by atoms with Crippen molar-refractivity contribution in [3.63, 3.8) is 0 Å². The average molecular weight is 357 g/mol. The molecule has 26 heavy (non-hydrogen) atoms. The predicted octanol–water partition coefficient (Wildman–Crippen LogP) is 0.581. The van der Waals surface area contributed by atoms with Gasteiger partial charge < -0.3 is 20.1 Å². The van der Waals surface area contributed by atoms with Crippen LogP contribution in [0, 0.1) is 0 Å². The summed E-state index contributed by atoms with van der Waals surface area (Å²) in [7, 11) is 3.44. The number of aryl methyl sites for hydroxylation is 1. The molecule has 0 aromatic carbocycles. The fraction of sp³-hybridized carbons (Fsp3) is 0.444. The smallest absolute Gasteiger partial charge is 0.239 e. The Kier molecular flexibility index (Phi) is 5.62. The van der Waals surface area contributed by atoms with E-state index in [1.54, 1.807) is 25.4 Å². The fourth-order valence-corrected chi connectivity index (χ4v) is 3.04. The Morgan fingerprint density at radius 2 is 2.23 bits per heavy atom. The lowest BCUT2D eigenvalue weighted by Gasteiger charge is -2.21. The van der Waals surface area contributed by atoms with Crippen molar-refractivity contribution in [2.75, 3.05) is 38.8 Å². The van der Waals surface area contributed by atoms with Crippen molar-refractivity contribution in [1.29, 1.82) is 0 Å². The minimum Gasteiger partial charge on any atom is -0.497 e. The number of ether oxygens (including phenoxy) is 1. The molecule has 0 saturated heterocycles. The van der Waals surface area contributed by atoms with E-state index in [1.807, 2.05) is 11.9 Å². The first-order chi connectivity index (χ1) is 12.6. The average Bonchev–Trinajstić information content (AvgIpc) is 3.14. The van der Waals surface area contributed by atoms with E-state index in [4.69, 9.17) is 14.8 Å². The fourth-order valence-electron chi connectivity index (χ4n) is 3.04. The van der Waals surface area contributed by atoms with E-state index in [9.17, 15) is 4.79 Å². The molecule has 1 aliphatic carbocycles. The number of fused-ring (bicyclic) bond motifs is 1. The quantitative estimate of drug-likeness (QED) is 0.747. The highest BCUT2D eigenvalue weighted by atomic mass is 16.5. The van der Waals surface area contributed by atoms with Crippen LogP contribution in [0.4, 0.5) is 5.82 Å². The molecule has 2 aromatic heterocycles. The molecule has 138 valence electrons. The molecule has 0 fully saturated rings. The number of nitrogens with one attached hydrogen (secondary N) is 1. The number of nitrogens with zero attached hydrogens (tertiary/aromatic N) is 4. The molecule has 2 aromatic rings. The summed E-state index contributed by atoms with van der Waals surface area (Å²) in [5.41, 5.74) is 2.74. The van der Waals surface area contributed by atoms with Crippen molar-refractivity contribution in [3.8, 4) is 17.3 Å². The maximum Gasteiger partial charge on any atom is 0.239 e. The van der Waals surface area contributed by atoms with E-state index in [0.717, 1.165) is 36.3 Å². The van der Waals surface area contributed by atoms with Gasteiger partial charge in [-0.05, 0) is 25.3 Å². The van der Waals surface area contributed by atoms with Crippen molar-refractivity contribution in [2.24, 2.45) is 0 Å². The monoisotopic (exact) mass is 357 g/mol. The summed E-state index contributed by atoms with van der Waals surface area (Å²) in [6.07, 6.45) is 4.48. The SMILES string of the molecule is COc1ccnc(-c2nc3c(c(N(C)CC(=O)NCCO)n2)CCC3)c1. The van der Waals surface area contributed by atoms with E-state index in [-0.39, 0.29) is 25.6 Å². The molecule has 0 bridgehead atoms. The molecular weight excluding hydrogens is 334 g/mol. The van der Waals surface area contributed by atoms with Gasteiger partial charge in [-0.3, -0.25) is 9.78 Å². The normalized spacial score (nSPS) is 12.6. The predicted molar refractivity (Wildman–Crippen MR) is 97.2 cm³/mol. The van der Waals surface area contributed by atoms with Gasteiger partial charge >= 0.3 is 0 Å². The molecule has 1 amide bonds. The molecule has 0 unspecified atom stereocenters. The third-order valence-electron chi connectivity index (χ3n) is 4.28. The van der Waals surface area contributed by atoms with Crippen molar-refractivity contribution in [3.05, 3.63) is 29.6 Å². The molecule has 2 heterocycles. The molecule has 0 spiro atoms. The highest BCUT2D eigenvalue weighted by Gasteiger charge is 2.23. The Morgan fingerprint density at radius 1 is 1.38 bits per heavy atom. The van der Waals surface area contributed by atoms with Gasteiger partial charge in [-0.2, -0.15) is 0 Å². The number of aromatic nitrogens is 3. The largest absolute Gasteiger partial charge is 0.497 e. The zero-order valence-corrected chi connectivity index (χ0v) is 15.0. The van der Waals surface area contributed by atoms with Gasteiger partial charge in [0.1, 0.15) is 17.3 Å². The number of aliphatic hydroxyl groups is 1. The second-order valence-corrected chi connectivity index (χ2v) is 6.16. The summed E-state index contributed by atoms with van der Waals surface area (Å²) in [5, 5.41) is 11.5. The molecule has 0 aliphatic heterocycles. The van der Waals surface area contributed by atoms with E-state index < -0.39 is 0 Å². The van der Waals surface area contributed by atoms with Gasteiger partial charge in [0.25, 0.3) is 0 Å². The van der Waals surface area contributed by atoms with Crippen LogP contribution in [-0.2, 0) is 17.6 Å². The first-order valence-electron chi connectivity index (χ1n) is 8.61. The van der Waals surface area contributed by atoms with Gasteiger partial charge in [0.2, 0.25) is 5.91 Å². The molecule has 0 atom stereocenters. The van der Waals surface area contributed by atoms with E-state index >= 15 is 0 Å². The Labute approximate surface area is 152 Å². The number of carbonyl (C=O) groups excluding carboxylic acids is 1.